The Morgan fingerprint density at radius 2 is 1.72 bits per heavy atom. The summed E-state index contributed by atoms with van der Waals surface area (Å²) >= 11 is 0. The van der Waals surface area contributed by atoms with Crippen LogP contribution < -0.4 is 0 Å². The van der Waals surface area contributed by atoms with E-state index in [1.165, 1.54) is 43.2 Å². The minimum Gasteiger partial charge on any atom is -0.455 e. The van der Waals surface area contributed by atoms with Crippen molar-refractivity contribution in [3.8, 4) is 11.3 Å². The molecule has 1 aliphatic rings. The molecule has 25 heavy (non-hydrogen) atoms. The van der Waals surface area contributed by atoms with Gasteiger partial charge >= 0.3 is 0 Å². The van der Waals surface area contributed by atoms with E-state index in [2.05, 4.69) is 37.3 Å². The van der Waals surface area contributed by atoms with Crippen molar-refractivity contribution in [3.63, 3.8) is 0 Å². The molecule has 1 fully saturated rings. The molecule has 130 valence electrons. The Hall–Kier alpha value is -1.87. The van der Waals surface area contributed by atoms with Crippen molar-refractivity contribution >= 4 is 21.8 Å². The summed E-state index contributed by atoms with van der Waals surface area (Å²) in [6.07, 6.45) is 8.25. The zero-order chi connectivity index (χ0) is 17.4. The summed E-state index contributed by atoms with van der Waals surface area (Å²) in [5, 5.41) is 1.01. The average molecular weight is 352 g/mol. The van der Waals surface area contributed by atoms with Crippen LogP contribution in [-0.4, -0.2) is 10.5 Å². The van der Waals surface area contributed by atoms with Crippen LogP contribution in [0.15, 0.2) is 51.8 Å². The average Bonchev–Trinajstić information content (AvgIpc) is 3.02. The normalized spacial score (nSPS) is 17.0. The van der Waals surface area contributed by atoms with Gasteiger partial charge in [0.1, 0.15) is 5.58 Å². The Balaban J connectivity index is 1.85. The van der Waals surface area contributed by atoms with E-state index in [0.29, 0.717) is 5.92 Å². The third-order valence-electron chi connectivity index (χ3n) is 5.34. The molecule has 1 unspecified atom stereocenters. The Bertz CT molecular complexity index is 915. The van der Waals surface area contributed by atoms with Crippen molar-refractivity contribution in [1.82, 2.24) is 0 Å². The summed E-state index contributed by atoms with van der Waals surface area (Å²) in [4.78, 5) is 0.830. The lowest BCUT2D eigenvalue weighted by molar-refractivity contribution is 0.444. The number of benzene rings is 2. The standard InChI is InChI=1S/C22H24O2S/c1-15-8-10-17(11-9-15)21-22(25(2)23)19-14-18(12-13-20(19)24-21)16-6-4-3-5-7-16/h8-14,16H,3-7H2,1-2H3. The molecule has 2 nitrogen and oxygen atoms in total. The van der Waals surface area contributed by atoms with Gasteiger partial charge < -0.3 is 4.42 Å². The molecule has 1 saturated carbocycles. The lowest BCUT2D eigenvalue weighted by Gasteiger charge is -2.21. The minimum atomic E-state index is -1.10. The first-order chi connectivity index (χ1) is 12.1. The third kappa shape index (κ3) is 3.18. The van der Waals surface area contributed by atoms with Gasteiger partial charge in [0.05, 0.1) is 15.7 Å². The smallest absolute Gasteiger partial charge is 0.151 e. The summed E-state index contributed by atoms with van der Waals surface area (Å²) in [5.41, 5.74) is 4.40. The molecule has 3 heteroatoms. The first-order valence-corrected chi connectivity index (χ1v) is 10.7. The van der Waals surface area contributed by atoms with E-state index in [0.717, 1.165) is 27.2 Å². The second-order valence-corrected chi connectivity index (χ2v) is 8.49. The predicted molar refractivity (Wildman–Crippen MR) is 105 cm³/mol. The van der Waals surface area contributed by atoms with Crippen LogP contribution >= 0.6 is 0 Å². The molecule has 0 saturated heterocycles. The summed E-state index contributed by atoms with van der Waals surface area (Å²) < 4.78 is 18.7. The number of hydrogen-bond donors (Lipinski definition) is 0. The zero-order valence-corrected chi connectivity index (χ0v) is 15.7. The monoisotopic (exact) mass is 352 g/mol. The first-order valence-electron chi connectivity index (χ1n) is 9.10. The Morgan fingerprint density at radius 1 is 1.00 bits per heavy atom. The number of hydrogen-bond acceptors (Lipinski definition) is 2. The highest BCUT2D eigenvalue weighted by Crippen LogP contribution is 2.39. The molecular weight excluding hydrogens is 328 g/mol. The Labute approximate surface area is 151 Å². The van der Waals surface area contributed by atoms with Gasteiger partial charge in [-0.3, -0.25) is 4.21 Å². The van der Waals surface area contributed by atoms with Crippen LogP contribution in [0, 0.1) is 6.92 Å². The van der Waals surface area contributed by atoms with Gasteiger partial charge in [0.2, 0.25) is 0 Å². The zero-order valence-electron chi connectivity index (χ0n) is 14.9. The summed E-state index contributed by atoms with van der Waals surface area (Å²) in [7, 11) is -1.10. The maximum Gasteiger partial charge on any atom is 0.151 e. The highest BCUT2D eigenvalue weighted by molar-refractivity contribution is 7.84. The summed E-state index contributed by atoms with van der Waals surface area (Å²) in [5.74, 6) is 1.38. The maximum absolute atomic E-state index is 12.5. The molecule has 0 spiro atoms. The van der Waals surface area contributed by atoms with Crippen molar-refractivity contribution in [2.75, 3.05) is 6.26 Å². The third-order valence-corrected chi connectivity index (χ3v) is 6.32. The van der Waals surface area contributed by atoms with Crippen LogP contribution in [0.3, 0.4) is 0 Å². The van der Waals surface area contributed by atoms with Crippen molar-refractivity contribution in [2.24, 2.45) is 0 Å². The van der Waals surface area contributed by atoms with Crippen molar-refractivity contribution in [3.05, 3.63) is 53.6 Å². The van der Waals surface area contributed by atoms with E-state index < -0.39 is 10.8 Å². The molecule has 2 aromatic carbocycles. The molecule has 1 heterocycles. The van der Waals surface area contributed by atoms with E-state index in [1.54, 1.807) is 6.26 Å². The summed E-state index contributed by atoms with van der Waals surface area (Å²) in [6, 6.07) is 14.7. The van der Waals surface area contributed by atoms with E-state index in [9.17, 15) is 4.21 Å². The lowest BCUT2D eigenvalue weighted by atomic mass is 9.84. The molecule has 0 N–H and O–H groups in total. The first kappa shape index (κ1) is 16.6. The van der Waals surface area contributed by atoms with Crippen LogP contribution in [0.4, 0.5) is 0 Å². The maximum atomic E-state index is 12.5. The van der Waals surface area contributed by atoms with Gasteiger partial charge in [0, 0.05) is 17.2 Å². The van der Waals surface area contributed by atoms with Crippen molar-refractivity contribution < 1.29 is 8.63 Å². The molecule has 0 radical (unpaired) electrons. The number of furan rings is 1. The van der Waals surface area contributed by atoms with Gasteiger partial charge in [-0.2, -0.15) is 0 Å². The molecule has 1 atom stereocenters. The number of rotatable bonds is 3. The molecule has 0 bridgehead atoms. The number of fused-ring (bicyclic) bond motifs is 1. The molecule has 0 aliphatic heterocycles. The molecule has 0 amide bonds. The van der Waals surface area contributed by atoms with E-state index in [-0.39, 0.29) is 0 Å². The largest absolute Gasteiger partial charge is 0.455 e. The van der Waals surface area contributed by atoms with Crippen molar-refractivity contribution in [1.29, 1.82) is 0 Å². The molecule has 3 aromatic rings. The SMILES string of the molecule is Cc1ccc(-c2oc3ccc(C4CCCCC4)cc3c2S(C)=O)cc1. The molecule has 1 aromatic heterocycles. The predicted octanol–water partition coefficient (Wildman–Crippen LogP) is 6.19. The Kier molecular flexibility index (Phi) is 4.51. The van der Waals surface area contributed by atoms with Crippen molar-refractivity contribution in [2.45, 2.75) is 49.8 Å². The number of aryl methyl sites for hydroxylation is 1. The topological polar surface area (TPSA) is 30.2 Å². The van der Waals surface area contributed by atoms with Crippen LogP contribution in [-0.2, 0) is 10.8 Å². The molecule has 4 rings (SSSR count). The highest BCUT2D eigenvalue weighted by Gasteiger charge is 2.21. The van der Waals surface area contributed by atoms with Crippen LogP contribution in [0.1, 0.15) is 49.1 Å². The van der Waals surface area contributed by atoms with Gasteiger partial charge in [-0.1, -0.05) is 55.2 Å². The van der Waals surface area contributed by atoms with Crippen LogP contribution in [0.25, 0.3) is 22.3 Å². The van der Waals surface area contributed by atoms with Gasteiger partial charge in [0.15, 0.2) is 5.76 Å². The van der Waals surface area contributed by atoms with Gasteiger partial charge in [-0.25, -0.2) is 0 Å². The van der Waals surface area contributed by atoms with Crippen LogP contribution in [0.5, 0.6) is 0 Å². The fourth-order valence-electron chi connectivity index (χ4n) is 3.96. The summed E-state index contributed by atoms with van der Waals surface area (Å²) in [6.45, 7) is 2.07. The quantitative estimate of drug-likeness (QED) is 0.562. The van der Waals surface area contributed by atoms with E-state index in [1.807, 2.05) is 12.1 Å². The van der Waals surface area contributed by atoms with Gasteiger partial charge in [-0.05, 0) is 43.4 Å². The van der Waals surface area contributed by atoms with E-state index in [4.69, 9.17) is 4.42 Å². The highest BCUT2D eigenvalue weighted by atomic mass is 32.2. The fraction of sp³-hybridized carbons (Fsp3) is 0.364. The fourth-order valence-corrected chi connectivity index (χ4v) is 4.85. The van der Waals surface area contributed by atoms with E-state index >= 15 is 0 Å². The lowest BCUT2D eigenvalue weighted by Crippen LogP contribution is -2.04. The van der Waals surface area contributed by atoms with Crippen LogP contribution in [0.2, 0.25) is 0 Å². The van der Waals surface area contributed by atoms with Gasteiger partial charge in [-0.15, -0.1) is 0 Å². The second kappa shape index (κ2) is 6.80. The molecule has 1 aliphatic carbocycles. The minimum absolute atomic E-state index is 0.633. The van der Waals surface area contributed by atoms with Gasteiger partial charge in [0.25, 0.3) is 0 Å². The second-order valence-electron chi connectivity index (χ2n) is 7.17. The molecular formula is C22H24O2S. The Morgan fingerprint density at radius 3 is 2.40 bits per heavy atom.